The van der Waals surface area contributed by atoms with Crippen molar-refractivity contribution in [2.24, 2.45) is 11.8 Å². The molecule has 1 heterocycles. The summed E-state index contributed by atoms with van der Waals surface area (Å²) in [6.07, 6.45) is 0.119. The molecule has 0 spiro atoms. The number of ether oxygens (including phenoxy) is 2. The van der Waals surface area contributed by atoms with Crippen LogP contribution in [-0.2, 0) is 33.5 Å². The molecule has 0 aromatic carbocycles. The molecule has 0 bridgehead atoms. The Bertz CT molecular complexity index is 680. The van der Waals surface area contributed by atoms with E-state index in [9.17, 15) is 24.0 Å². The molecule has 1 unspecified atom stereocenters. The molecule has 1 atom stereocenters. The molecular formula is C19H26N2O8. The minimum Gasteiger partial charge on any atom is -0.425 e. The fourth-order valence-corrected chi connectivity index (χ4v) is 3.16. The number of hydrogen-bond donors (Lipinski definition) is 1. The molecule has 3 amide bonds. The van der Waals surface area contributed by atoms with E-state index in [-0.39, 0.29) is 30.6 Å². The number of esters is 1. The Morgan fingerprint density at radius 1 is 1.10 bits per heavy atom. The number of hydroxylamine groups is 2. The molecule has 1 saturated heterocycles. The zero-order chi connectivity index (χ0) is 21.6. The fraction of sp³-hybridized carbons (Fsp3) is 0.632. The van der Waals surface area contributed by atoms with E-state index in [1.54, 1.807) is 6.92 Å². The van der Waals surface area contributed by atoms with Crippen LogP contribution in [0.25, 0.3) is 0 Å². The number of carbonyl (C=O) groups is 5. The van der Waals surface area contributed by atoms with E-state index >= 15 is 0 Å². The van der Waals surface area contributed by atoms with Crippen LogP contribution in [0.2, 0.25) is 0 Å². The molecular weight excluding hydrogens is 384 g/mol. The highest BCUT2D eigenvalue weighted by Crippen LogP contribution is 2.29. The lowest BCUT2D eigenvalue weighted by Gasteiger charge is -2.28. The number of nitrogens with one attached hydrogen (secondary N) is 1. The first-order valence-electron chi connectivity index (χ1n) is 9.56. The van der Waals surface area contributed by atoms with Crippen molar-refractivity contribution < 1.29 is 38.3 Å². The van der Waals surface area contributed by atoms with Crippen molar-refractivity contribution >= 4 is 29.8 Å². The van der Waals surface area contributed by atoms with Gasteiger partial charge in [-0.15, -0.1) is 0 Å². The van der Waals surface area contributed by atoms with E-state index in [0.29, 0.717) is 30.0 Å². The highest BCUT2D eigenvalue weighted by atomic mass is 16.9. The van der Waals surface area contributed by atoms with Gasteiger partial charge < -0.3 is 14.8 Å². The molecule has 1 N–H and O–H groups in total. The number of amides is 3. The minimum absolute atomic E-state index is 0.0315. The van der Waals surface area contributed by atoms with Crippen molar-refractivity contribution in [3.05, 3.63) is 12.2 Å². The molecule has 10 nitrogen and oxygen atoms in total. The van der Waals surface area contributed by atoms with Gasteiger partial charge in [-0.2, -0.15) is 0 Å². The normalized spacial score (nSPS) is 22.6. The van der Waals surface area contributed by atoms with Gasteiger partial charge in [0.25, 0.3) is 11.8 Å². The van der Waals surface area contributed by atoms with Crippen LogP contribution in [-0.4, -0.2) is 47.7 Å². The predicted molar refractivity (Wildman–Crippen MR) is 97.5 cm³/mol. The number of rotatable bonds is 7. The van der Waals surface area contributed by atoms with Crippen molar-refractivity contribution in [3.63, 3.8) is 0 Å². The van der Waals surface area contributed by atoms with E-state index in [0.717, 1.165) is 12.8 Å². The number of nitrogens with zero attached hydrogens (tertiary/aromatic N) is 1. The Hall–Kier alpha value is -2.91. The maximum Gasteiger partial charge on any atom is 0.537 e. The second-order valence-electron chi connectivity index (χ2n) is 7.25. The van der Waals surface area contributed by atoms with Crippen LogP contribution in [0.5, 0.6) is 0 Å². The van der Waals surface area contributed by atoms with Crippen LogP contribution in [0.1, 0.15) is 52.4 Å². The standard InChI is InChI=1S/C19H26N2O8/c1-11(2)17(24)20-10-13-4-6-14(7-5-13)18(25)27-12(3)28-19(26)29-21-15(22)8-9-16(21)23/h12-14H,1,4-10H2,2-3H3,(H,20,24). The summed E-state index contributed by atoms with van der Waals surface area (Å²) in [6, 6.07) is 0. The van der Waals surface area contributed by atoms with Gasteiger partial charge in [0.15, 0.2) is 0 Å². The number of imide groups is 1. The third-order valence-corrected chi connectivity index (χ3v) is 4.83. The average molecular weight is 410 g/mol. The SMILES string of the molecule is C=C(C)C(=O)NCC1CCC(C(=O)OC(C)OC(=O)ON2C(=O)CCC2=O)CC1. The van der Waals surface area contributed by atoms with Gasteiger partial charge in [-0.25, -0.2) is 4.79 Å². The smallest absolute Gasteiger partial charge is 0.425 e. The van der Waals surface area contributed by atoms with E-state index in [2.05, 4.69) is 16.7 Å². The maximum absolute atomic E-state index is 12.2. The van der Waals surface area contributed by atoms with Crippen LogP contribution in [0.3, 0.4) is 0 Å². The monoisotopic (exact) mass is 410 g/mol. The van der Waals surface area contributed by atoms with Crippen molar-refractivity contribution in [1.82, 2.24) is 10.4 Å². The van der Waals surface area contributed by atoms with Gasteiger partial charge in [0, 0.05) is 31.9 Å². The Morgan fingerprint density at radius 3 is 2.24 bits per heavy atom. The van der Waals surface area contributed by atoms with E-state index in [4.69, 9.17) is 9.47 Å². The zero-order valence-corrected chi connectivity index (χ0v) is 16.6. The van der Waals surface area contributed by atoms with Gasteiger partial charge in [0.2, 0.25) is 12.2 Å². The van der Waals surface area contributed by atoms with Gasteiger partial charge in [-0.1, -0.05) is 11.6 Å². The Morgan fingerprint density at radius 2 is 1.69 bits per heavy atom. The first-order chi connectivity index (χ1) is 13.7. The highest BCUT2D eigenvalue weighted by molar-refractivity contribution is 6.01. The van der Waals surface area contributed by atoms with Crippen molar-refractivity contribution in [1.29, 1.82) is 0 Å². The summed E-state index contributed by atoms with van der Waals surface area (Å²) in [6.45, 7) is 7.10. The summed E-state index contributed by atoms with van der Waals surface area (Å²) >= 11 is 0. The summed E-state index contributed by atoms with van der Waals surface area (Å²) in [7, 11) is 0. The van der Waals surface area contributed by atoms with Gasteiger partial charge >= 0.3 is 12.1 Å². The van der Waals surface area contributed by atoms with Crippen LogP contribution < -0.4 is 5.32 Å². The van der Waals surface area contributed by atoms with Crippen molar-refractivity contribution in [2.75, 3.05) is 6.54 Å². The molecule has 2 aliphatic rings. The summed E-state index contributed by atoms with van der Waals surface area (Å²) < 4.78 is 9.88. The number of carbonyl (C=O) groups excluding carboxylic acids is 5. The third-order valence-electron chi connectivity index (χ3n) is 4.83. The predicted octanol–water partition coefficient (Wildman–Crippen LogP) is 1.59. The second-order valence-corrected chi connectivity index (χ2v) is 7.25. The molecule has 29 heavy (non-hydrogen) atoms. The highest BCUT2D eigenvalue weighted by Gasteiger charge is 2.34. The van der Waals surface area contributed by atoms with Gasteiger partial charge in [-0.05, 0) is 38.5 Å². The lowest BCUT2D eigenvalue weighted by atomic mass is 9.82. The summed E-state index contributed by atoms with van der Waals surface area (Å²) in [5.74, 6) is -1.99. The lowest BCUT2D eigenvalue weighted by molar-refractivity contribution is -0.193. The molecule has 2 rings (SSSR count). The molecule has 0 aromatic rings. The largest absolute Gasteiger partial charge is 0.537 e. The van der Waals surface area contributed by atoms with Crippen molar-refractivity contribution in [3.8, 4) is 0 Å². The van der Waals surface area contributed by atoms with Crippen LogP contribution in [0.4, 0.5) is 4.79 Å². The van der Waals surface area contributed by atoms with Gasteiger partial charge in [0.1, 0.15) is 0 Å². The van der Waals surface area contributed by atoms with Crippen molar-refractivity contribution in [2.45, 2.75) is 58.7 Å². The van der Waals surface area contributed by atoms with Crippen LogP contribution in [0, 0.1) is 11.8 Å². The van der Waals surface area contributed by atoms with Crippen LogP contribution in [0.15, 0.2) is 12.2 Å². The molecule has 1 aliphatic carbocycles. The topological polar surface area (TPSA) is 128 Å². The summed E-state index contributed by atoms with van der Waals surface area (Å²) in [4.78, 5) is 62.8. The molecule has 1 aliphatic heterocycles. The van der Waals surface area contributed by atoms with E-state index in [1.165, 1.54) is 6.92 Å². The molecule has 160 valence electrons. The summed E-state index contributed by atoms with van der Waals surface area (Å²) in [5, 5.41) is 3.16. The lowest BCUT2D eigenvalue weighted by Crippen LogP contribution is -2.35. The zero-order valence-electron chi connectivity index (χ0n) is 16.6. The number of hydrogen-bond acceptors (Lipinski definition) is 8. The first kappa shape index (κ1) is 22.4. The Kier molecular flexibility index (Phi) is 7.74. The van der Waals surface area contributed by atoms with E-state index in [1.807, 2.05) is 0 Å². The van der Waals surface area contributed by atoms with E-state index < -0.39 is 30.2 Å². The maximum atomic E-state index is 12.2. The molecule has 0 radical (unpaired) electrons. The Balaban J connectivity index is 1.68. The Labute approximate surface area is 168 Å². The molecule has 1 saturated carbocycles. The molecule has 0 aromatic heterocycles. The van der Waals surface area contributed by atoms with Gasteiger partial charge in [-0.3, -0.25) is 24.0 Å². The average Bonchev–Trinajstić information content (AvgIpc) is 2.98. The second kappa shape index (κ2) is 10.0. The fourth-order valence-electron chi connectivity index (χ4n) is 3.16. The minimum atomic E-state index is -1.30. The third kappa shape index (κ3) is 6.58. The summed E-state index contributed by atoms with van der Waals surface area (Å²) in [5.41, 5.74) is 0.452. The van der Waals surface area contributed by atoms with Gasteiger partial charge in [0.05, 0.1) is 5.92 Å². The first-order valence-corrected chi connectivity index (χ1v) is 9.56. The molecule has 2 fully saturated rings. The quantitative estimate of drug-likeness (QED) is 0.290. The van der Waals surface area contributed by atoms with Crippen LogP contribution >= 0.6 is 0 Å². The molecule has 10 heteroatoms.